The predicted molar refractivity (Wildman–Crippen MR) is 108 cm³/mol. The van der Waals surface area contributed by atoms with Crippen LogP contribution in [0.3, 0.4) is 0 Å². The second-order valence-electron chi connectivity index (χ2n) is 8.45. The van der Waals surface area contributed by atoms with Crippen molar-refractivity contribution in [2.24, 2.45) is 11.3 Å². The topological polar surface area (TPSA) is 84.5 Å². The number of Topliss-reactive ketones (excluding diaryl/α,β-unsaturated/α-hetero) is 1. The summed E-state index contributed by atoms with van der Waals surface area (Å²) in [5.74, 6) is -0.464. The van der Waals surface area contributed by atoms with Gasteiger partial charge < -0.3 is 15.4 Å². The van der Waals surface area contributed by atoms with Crippen molar-refractivity contribution in [3.05, 3.63) is 35.9 Å². The fourth-order valence-electron chi connectivity index (χ4n) is 3.17. The molecule has 0 radical (unpaired) electrons. The zero-order valence-electron chi connectivity index (χ0n) is 17.5. The minimum Gasteiger partial charge on any atom is -0.368 e. The van der Waals surface area contributed by atoms with Gasteiger partial charge in [0.05, 0.1) is 6.10 Å². The maximum Gasteiger partial charge on any atom is 0.251 e. The summed E-state index contributed by atoms with van der Waals surface area (Å²) in [6, 6.07) is 7.41. The van der Waals surface area contributed by atoms with E-state index >= 15 is 0 Å². The highest BCUT2D eigenvalue weighted by Crippen LogP contribution is 2.31. The molecule has 1 aliphatic heterocycles. The van der Waals surface area contributed by atoms with E-state index in [0.29, 0.717) is 24.3 Å². The first-order valence-electron chi connectivity index (χ1n) is 9.96. The fourth-order valence-corrected chi connectivity index (χ4v) is 3.17. The van der Waals surface area contributed by atoms with E-state index in [1.165, 1.54) is 0 Å². The first-order valence-corrected chi connectivity index (χ1v) is 9.96. The highest BCUT2D eigenvalue weighted by molar-refractivity contribution is 5.99. The summed E-state index contributed by atoms with van der Waals surface area (Å²) in [5.41, 5.74) is 0.320. The maximum absolute atomic E-state index is 13.0. The molecule has 28 heavy (non-hydrogen) atoms. The summed E-state index contributed by atoms with van der Waals surface area (Å²) in [6.07, 6.45) is 0.781. The quantitative estimate of drug-likeness (QED) is 0.717. The van der Waals surface area contributed by atoms with Crippen LogP contribution in [0.15, 0.2) is 30.3 Å². The standard InChI is InChI=1S/C22H32N2O4/c1-6-18-19(17(25)13-28-18)24-21(27)16(12-22(4,5)14(2)3)23-20(26)15-10-8-7-9-11-15/h7-11,14,16,18-19H,6,12-13H2,1-5H3,(H,23,26)(H,24,27)/t16-,18?,19?/m0/s1. The van der Waals surface area contributed by atoms with Crippen molar-refractivity contribution in [2.75, 3.05) is 6.61 Å². The second kappa shape index (κ2) is 9.32. The van der Waals surface area contributed by atoms with Crippen molar-refractivity contribution in [3.63, 3.8) is 0 Å². The van der Waals surface area contributed by atoms with Crippen LogP contribution in [0.2, 0.25) is 0 Å². The zero-order chi connectivity index (χ0) is 20.9. The lowest BCUT2D eigenvalue weighted by Gasteiger charge is -2.33. The molecule has 2 unspecified atom stereocenters. The van der Waals surface area contributed by atoms with Gasteiger partial charge in [-0.15, -0.1) is 0 Å². The third kappa shape index (κ3) is 5.41. The van der Waals surface area contributed by atoms with Crippen LogP contribution in [-0.2, 0) is 14.3 Å². The average molecular weight is 389 g/mol. The third-order valence-electron chi connectivity index (χ3n) is 5.81. The van der Waals surface area contributed by atoms with Crippen LogP contribution in [0.25, 0.3) is 0 Å². The lowest BCUT2D eigenvalue weighted by molar-refractivity contribution is -0.128. The summed E-state index contributed by atoms with van der Waals surface area (Å²) < 4.78 is 5.45. The van der Waals surface area contributed by atoms with Crippen LogP contribution in [-0.4, -0.2) is 42.4 Å². The smallest absolute Gasteiger partial charge is 0.251 e. The molecule has 1 fully saturated rings. The van der Waals surface area contributed by atoms with Crippen LogP contribution in [0.4, 0.5) is 0 Å². The number of rotatable bonds is 8. The Kier molecular flexibility index (Phi) is 7.35. The average Bonchev–Trinajstić information content (AvgIpc) is 3.01. The monoisotopic (exact) mass is 388 g/mol. The first kappa shape index (κ1) is 22.1. The molecule has 1 aliphatic rings. The van der Waals surface area contributed by atoms with E-state index in [4.69, 9.17) is 4.74 Å². The summed E-state index contributed by atoms with van der Waals surface area (Å²) in [7, 11) is 0. The van der Waals surface area contributed by atoms with Gasteiger partial charge in [0.15, 0.2) is 5.78 Å². The van der Waals surface area contributed by atoms with Gasteiger partial charge in [-0.05, 0) is 36.3 Å². The second-order valence-corrected chi connectivity index (χ2v) is 8.45. The third-order valence-corrected chi connectivity index (χ3v) is 5.81. The van der Waals surface area contributed by atoms with Gasteiger partial charge in [0.2, 0.25) is 5.91 Å². The van der Waals surface area contributed by atoms with Gasteiger partial charge in [0.25, 0.3) is 5.91 Å². The Bertz CT molecular complexity index is 700. The number of hydrogen-bond donors (Lipinski definition) is 2. The molecule has 2 N–H and O–H groups in total. The number of hydrogen-bond acceptors (Lipinski definition) is 4. The van der Waals surface area contributed by atoms with E-state index in [1.807, 2.05) is 13.0 Å². The highest BCUT2D eigenvalue weighted by atomic mass is 16.5. The van der Waals surface area contributed by atoms with Crippen molar-refractivity contribution in [1.29, 1.82) is 0 Å². The van der Waals surface area contributed by atoms with E-state index in [-0.39, 0.29) is 35.7 Å². The molecule has 0 aliphatic carbocycles. The molecule has 154 valence electrons. The van der Waals surface area contributed by atoms with Gasteiger partial charge >= 0.3 is 0 Å². The predicted octanol–water partition coefficient (Wildman–Crippen LogP) is 2.72. The number of nitrogens with one attached hydrogen (secondary N) is 2. The number of carbonyl (C=O) groups is 3. The Morgan fingerprint density at radius 1 is 1.21 bits per heavy atom. The molecular formula is C22H32N2O4. The molecule has 1 aromatic rings. The molecule has 1 aromatic carbocycles. The van der Waals surface area contributed by atoms with Crippen LogP contribution < -0.4 is 10.6 Å². The Hall–Kier alpha value is -2.21. The molecule has 3 atom stereocenters. The van der Waals surface area contributed by atoms with Crippen LogP contribution in [0.1, 0.15) is 57.8 Å². The molecule has 0 bridgehead atoms. The molecule has 2 rings (SSSR count). The van der Waals surface area contributed by atoms with Crippen molar-refractivity contribution in [1.82, 2.24) is 10.6 Å². The number of carbonyl (C=O) groups excluding carboxylic acids is 3. The lowest BCUT2D eigenvalue weighted by Crippen LogP contribution is -2.54. The van der Waals surface area contributed by atoms with E-state index < -0.39 is 12.1 Å². The largest absolute Gasteiger partial charge is 0.368 e. The zero-order valence-corrected chi connectivity index (χ0v) is 17.5. The molecule has 6 nitrogen and oxygen atoms in total. The minimum absolute atomic E-state index is 0.0159. The summed E-state index contributed by atoms with van der Waals surface area (Å²) in [5, 5.41) is 5.68. The number of benzene rings is 1. The van der Waals surface area contributed by atoms with E-state index in [0.717, 1.165) is 0 Å². The van der Waals surface area contributed by atoms with E-state index in [9.17, 15) is 14.4 Å². The molecule has 6 heteroatoms. The van der Waals surface area contributed by atoms with Crippen LogP contribution >= 0.6 is 0 Å². The maximum atomic E-state index is 13.0. The lowest BCUT2D eigenvalue weighted by atomic mass is 9.76. The molecule has 1 saturated heterocycles. The summed E-state index contributed by atoms with van der Waals surface area (Å²) in [6.45, 7) is 10.3. The summed E-state index contributed by atoms with van der Waals surface area (Å²) >= 11 is 0. The Balaban J connectivity index is 2.18. The van der Waals surface area contributed by atoms with Crippen molar-refractivity contribution < 1.29 is 19.1 Å². The first-order chi connectivity index (χ1) is 13.2. The van der Waals surface area contributed by atoms with E-state index in [2.05, 4.69) is 38.3 Å². The van der Waals surface area contributed by atoms with Crippen molar-refractivity contribution in [2.45, 2.75) is 65.6 Å². The van der Waals surface area contributed by atoms with Gasteiger partial charge in [-0.3, -0.25) is 14.4 Å². The fraction of sp³-hybridized carbons (Fsp3) is 0.591. The molecular weight excluding hydrogens is 356 g/mol. The minimum atomic E-state index is -0.740. The SMILES string of the molecule is CCC1OCC(=O)C1NC(=O)[C@H](CC(C)(C)C(C)C)NC(=O)c1ccccc1. The van der Waals surface area contributed by atoms with Gasteiger partial charge in [0.1, 0.15) is 18.7 Å². The normalized spacial score (nSPS) is 20.9. The van der Waals surface area contributed by atoms with Gasteiger partial charge in [-0.25, -0.2) is 0 Å². The summed E-state index contributed by atoms with van der Waals surface area (Å²) in [4.78, 5) is 37.8. The molecule has 1 heterocycles. The van der Waals surface area contributed by atoms with Gasteiger partial charge in [-0.1, -0.05) is 52.8 Å². The molecule has 0 spiro atoms. The van der Waals surface area contributed by atoms with Crippen molar-refractivity contribution >= 4 is 17.6 Å². The number of ketones is 1. The van der Waals surface area contributed by atoms with E-state index in [1.54, 1.807) is 24.3 Å². The van der Waals surface area contributed by atoms with Gasteiger partial charge in [0, 0.05) is 5.56 Å². The molecule has 0 aromatic heterocycles. The Morgan fingerprint density at radius 2 is 1.86 bits per heavy atom. The van der Waals surface area contributed by atoms with Crippen molar-refractivity contribution in [3.8, 4) is 0 Å². The van der Waals surface area contributed by atoms with Crippen LogP contribution in [0, 0.1) is 11.3 Å². The number of ether oxygens (including phenoxy) is 1. The Morgan fingerprint density at radius 3 is 2.43 bits per heavy atom. The molecule has 0 saturated carbocycles. The Labute approximate surface area is 167 Å². The number of amides is 2. The molecule has 2 amide bonds. The van der Waals surface area contributed by atoms with Crippen LogP contribution in [0.5, 0.6) is 0 Å². The van der Waals surface area contributed by atoms with Gasteiger partial charge in [-0.2, -0.15) is 0 Å². The highest BCUT2D eigenvalue weighted by Gasteiger charge is 2.38.